The maximum Gasteiger partial charge on any atom is 0.0842 e. The van der Waals surface area contributed by atoms with E-state index in [1.807, 2.05) is 0 Å². The Morgan fingerprint density at radius 3 is 1.77 bits per heavy atom. The fraction of sp³-hybridized carbons (Fsp3) is 0.317. The zero-order chi connectivity index (χ0) is 30.5. The van der Waals surface area contributed by atoms with Crippen LogP contribution in [0, 0.1) is 5.92 Å². The van der Waals surface area contributed by atoms with Gasteiger partial charge in [0.1, 0.15) is 0 Å². The van der Waals surface area contributed by atoms with Crippen LogP contribution in [0.25, 0.3) is 0 Å². The third-order valence-corrected chi connectivity index (χ3v) is 8.77. The molecule has 0 aromatic heterocycles. The highest BCUT2D eigenvalue weighted by Crippen LogP contribution is 2.43. The Kier molecular flexibility index (Phi) is 12.0. The van der Waals surface area contributed by atoms with E-state index in [-0.39, 0.29) is 0 Å². The van der Waals surface area contributed by atoms with Gasteiger partial charge in [0.25, 0.3) is 0 Å². The maximum absolute atomic E-state index is 4.66. The summed E-state index contributed by atoms with van der Waals surface area (Å²) in [5.74, 6) is 1.09. The number of hydrogen-bond acceptors (Lipinski definition) is 2. The lowest BCUT2D eigenvalue weighted by atomic mass is 9.67. The van der Waals surface area contributed by atoms with E-state index in [0.29, 0.717) is 11.8 Å². The van der Waals surface area contributed by atoms with Gasteiger partial charge in [0.2, 0.25) is 0 Å². The van der Waals surface area contributed by atoms with Crippen LogP contribution in [0.15, 0.2) is 140 Å². The normalized spacial score (nSPS) is 12.2. The first-order chi connectivity index (χ1) is 21.0. The van der Waals surface area contributed by atoms with Crippen molar-refractivity contribution in [2.75, 3.05) is 19.6 Å². The van der Waals surface area contributed by atoms with Gasteiger partial charge in [-0.25, -0.2) is 0 Å². The van der Waals surface area contributed by atoms with Crippen LogP contribution in [0.5, 0.6) is 0 Å². The van der Waals surface area contributed by atoms with Crippen molar-refractivity contribution in [2.24, 2.45) is 5.92 Å². The third-order valence-electron chi connectivity index (χ3n) is 8.77. The van der Waals surface area contributed by atoms with Gasteiger partial charge < -0.3 is 10.6 Å². The highest BCUT2D eigenvalue weighted by atomic mass is 14.9. The lowest BCUT2D eigenvalue weighted by Gasteiger charge is -2.38. The number of benzene rings is 4. The van der Waals surface area contributed by atoms with Crippen molar-refractivity contribution in [3.63, 3.8) is 0 Å². The molecule has 2 N–H and O–H groups in total. The molecular formula is C41H50N2. The Labute approximate surface area is 261 Å². The van der Waals surface area contributed by atoms with E-state index >= 15 is 0 Å². The molecule has 4 aromatic rings. The molecule has 0 radical (unpaired) electrons. The Bertz CT molecular complexity index is 1310. The monoisotopic (exact) mass is 570 g/mol. The summed E-state index contributed by atoms with van der Waals surface area (Å²) in [6.07, 6.45) is 4.29. The molecule has 0 aliphatic rings. The van der Waals surface area contributed by atoms with Crippen molar-refractivity contribution in [3.8, 4) is 0 Å². The molecule has 43 heavy (non-hydrogen) atoms. The average Bonchev–Trinajstić information content (AvgIpc) is 3.04. The molecule has 2 nitrogen and oxygen atoms in total. The van der Waals surface area contributed by atoms with Crippen LogP contribution in [-0.2, 0) is 11.8 Å². The van der Waals surface area contributed by atoms with E-state index in [1.165, 1.54) is 33.4 Å². The molecule has 0 saturated carbocycles. The molecule has 4 rings (SSSR count). The Morgan fingerprint density at radius 2 is 1.26 bits per heavy atom. The number of allylic oxidation sites excluding steroid dienone is 2. The Morgan fingerprint density at radius 1 is 0.698 bits per heavy atom. The summed E-state index contributed by atoms with van der Waals surface area (Å²) in [6.45, 7) is 18.5. The van der Waals surface area contributed by atoms with E-state index in [0.717, 1.165) is 51.0 Å². The van der Waals surface area contributed by atoms with Crippen LogP contribution in [0.2, 0.25) is 0 Å². The van der Waals surface area contributed by atoms with Crippen molar-refractivity contribution < 1.29 is 0 Å². The fourth-order valence-electron chi connectivity index (χ4n) is 6.10. The highest BCUT2D eigenvalue weighted by molar-refractivity contribution is 5.57. The minimum absolute atomic E-state index is 0.484. The predicted octanol–water partition coefficient (Wildman–Crippen LogP) is 9.44. The van der Waals surface area contributed by atoms with E-state index < -0.39 is 5.41 Å². The van der Waals surface area contributed by atoms with E-state index in [9.17, 15) is 0 Å². The highest BCUT2D eigenvalue weighted by Gasteiger charge is 2.39. The largest absolute Gasteiger partial charge is 0.387 e. The molecule has 0 saturated heterocycles. The fourth-order valence-corrected chi connectivity index (χ4v) is 6.10. The van der Waals surface area contributed by atoms with Crippen LogP contribution in [0.4, 0.5) is 0 Å². The van der Waals surface area contributed by atoms with Crippen molar-refractivity contribution >= 4 is 0 Å². The topological polar surface area (TPSA) is 24.1 Å². The molecule has 1 unspecified atom stereocenters. The van der Waals surface area contributed by atoms with Crippen LogP contribution < -0.4 is 10.6 Å². The molecule has 224 valence electrons. The summed E-state index contributed by atoms with van der Waals surface area (Å²) < 4.78 is 0. The predicted molar refractivity (Wildman–Crippen MR) is 186 cm³/mol. The summed E-state index contributed by atoms with van der Waals surface area (Å²) in [5.41, 5.74) is 8.30. The van der Waals surface area contributed by atoms with Gasteiger partial charge in [0.15, 0.2) is 0 Å². The van der Waals surface area contributed by atoms with Gasteiger partial charge in [-0.3, -0.25) is 0 Å². The summed E-state index contributed by atoms with van der Waals surface area (Å²) >= 11 is 0. The first kappa shape index (κ1) is 32.0. The molecule has 0 heterocycles. The van der Waals surface area contributed by atoms with Gasteiger partial charge >= 0.3 is 0 Å². The molecule has 0 bridgehead atoms. The molecule has 0 spiro atoms. The summed E-state index contributed by atoms with van der Waals surface area (Å²) in [4.78, 5) is 0. The second kappa shape index (κ2) is 16.1. The van der Waals surface area contributed by atoms with Crippen molar-refractivity contribution in [3.05, 3.63) is 168 Å². The molecule has 4 aromatic carbocycles. The lowest BCUT2D eigenvalue weighted by molar-refractivity contribution is 0.538. The second-order valence-corrected chi connectivity index (χ2v) is 12.0. The molecule has 0 aliphatic heterocycles. The molecule has 2 heteroatoms. The van der Waals surface area contributed by atoms with Gasteiger partial charge in [-0.2, -0.15) is 0 Å². The molecule has 0 fully saturated rings. The van der Waals surface area contributed by atoms with Crippen molar-refractivity contribution in [2.45, 2.75) is 57.8 Å². The average molecular weight is 571 g/mol. The van der Waals surface area contributed by atoms with Crippen LogP contribution >= 0.6 is 0 Å². The number of nitrogens with one attached hydrogen (secondary N) is 2. The van der Waals surface area contributed by atoms with E-state index in [2.05, 4.69) is 160 Å². The van der Waals surface area contributed by atoms with Gasteiger partial charge in [-0.1, -0.05) is 155 Å². The smallest absolute Gasteiger partial charge is 0.0842 e. The van der Waals surface area contributed by atoms with E-state index in [1.54, 1.807) is 0 Å². The van der Waals surface area contributed by atoms with Gasteiger partial charge in [-0.05, 0) is 78.4 Å². The number of hydrogen-bond donors (Lipinski definition) is 2. The zero-order valence-corrected chi connectivity index (χ0v) is 26.5. The van der Waals surface area contributed by atoms with Crippen LogP contribution in [-0.4, -0.2) is 19.6 Å². The zero-order valence-electron chi connectivity index (χ0n) is 26.5. The van der Waals surface area contributed by atoms with Crippen LogP contribution in [0.1, 0.15) is 73.8 Å². The van der Waals surface area contributed by atoms with Gasteiger partial charge in [-0.15, -0.1) is 0 Å². The van der Waals surface area contributed by atoms with E-state index in [4.69, 9.17) is 0 Å². The van der Waals surface area contributed by atoms with Crippen molar-refractivity contribution in [1.82, 2.24) is 10.6 Å². The lowest BCUT2D eigenvalue weighted by Crippen LogP contribution is -2.38. The SMILES string of the molecule is C=C(Cc1cccc(C(CC)CCNCCCNC(=C)C(c2ccccc2)(c2ccccc2)c2ccccc2)c1)C(C)C. The Hall–Kier alpha value is -3.88. The quantitative estimate of drug-likeness (QED) is 0.0750. The number of rotatable bonds is 17. The first-order valence-corrected chi connectivity index (χ1v) is 16.0. The molecule has 0 aliphatic carbocycles. The first-order valence-electron chi connectivity index (χ1n) is 16.0. The van der Waals surface area contributed by atoms with Gasteiger partial charge in [0.05, 0.1) is 5.41 Å². The Balaban J connectivity index is 1.35. The molecular weight excluding hydrogens is 520 g/mol. The summed E-state index contributed by atoms with van der Waals surface area (Å²) in [7, 11) is 0. The summed E-state index contributed by atoms with van der Waals surface area (Å²) in [5, 5.41) is 7.45. The molecule has 1 atom stereocenters. The standard InChI is InChI=1S/C41H50N2/c1-6-36(37-19-16-18-35(31-37)30-33(4)32(2)3)26-29-42-27-17-28-43-34(5)41(38-20-10-7-11-21-38,39-22-12-8-13-23-39)40-24-14-9-15-25-40/h7-16,18-25,31-32,36,42-43H,4-6,17,26-30H2,1-3H3. The van der Waals surface area contributed by atoms with Crippen LogP contribution in [0.3, 0.4) is 0 Å². The minimum Gasteiger partial charge on any atom is -0.387 e. The van der Waals surface area contributed by atoms with Gasteiger partial charge in [0, 0.05) is 12.2 Å². The second-order valence-electron chi connectivity index (χ2n) is 12.0. The summed E-state index contributed by atoms with van der Waals surface area (Å²) in [6, 6.07) is 41.4. The maximum atomic E-state index is 4.66. The third kappa shape index (κ3) is 8.15. The molecule has 0 amide bonds. The van der Waals surface area contributed by atoms with Crippen molar-refractivity contribution in [1.29, 1.82) is 0 Å². The minimum atomic E-state index is -0.484.